The summed E-state index contributed by atoms with van der Waals surface area (Å²) in [6.45, 7) is 9.04. The van der Waals surface area contributed by atoms with Crippen LogP contribution < -0.4 is 0 Å². The summed E-state index contributed by atoms with van der Waals surface area (Å²) in [5.41, 5.74) is 4.55. The van der Waals surface area contributed by atoms with Crippen LogP contribution in [-0.4, -0.2) is 0 Å². The van der Waals surface area contributed by atoms with Gasteiger partial charge in [-0.3, -0.25) is 0 Å². The average molecular weight is 190 g/mol. The molecule has 0 aliphatic heterocycles. The topological polar surface area (TPSA) is 0 Å². The van der Waals surface area contributed by atoms with Gasteiger partial charge < -0.3 is 0 Å². The summed E-state index contributed by atoms with van der Waals surface area (Å²) < 4.78 is 0. The lowest BCUT2D eigenvalue weighted by atomic mass is 9.94. The minimum atomic E-state index is 0.757. The van der Waals surface area contributed by atoms with Gasteiger partial charge in [0.15, 0.2) is 0 Å². The van der Waals surface area contributed by atoms with E-state index < -0.39 is 0 Å². The fourth-order valence-electron chi connectivity index (χ4n) is 1.87. The van der Waals surface area contributed by atoms with Gasteiger partial charge in [0.1, 0.15) is 0 Å². The Balaban J connectivity index is 2.96. The van der Waals surface area contributed by atoms with Crippen molar-refractivity contribution in [1.82, 2.24) is 0 Å². The Morgan fingerprint density at radius 3 is 2.21 bits per heavy atom. The molecule has 0 nitrogen and oxygen atoms in total. The van der Waals surface area contributed by atoms with E-state index in [2.05, 4.69) is 45.9 Å². The van der Waals surface area contributed by atoms with Crippen LogP contribution in [0.2, 0.25) is 0 Å². The smallest absolute Gasteiger partial charge is 0.0253 e. The van der Waals surface area contributed by atoms with Gasteiger partial charge in [0, 0.05) is 0 Å². The molecular formula is C14H22. The fourth-order valence-corrected chi connectivity index (χ4v) is 1.87. The van der Waals surface area contributed by atoms with Crippen molar-refractivity contribution in [3.05, 3.63) is 34.9 Å². The van der Waals surface area contributed by atoms with Crippen LogP contribution >= 0.6 is 0 Å². The first-order valence-electron chi connectivity index (χ1n) is 5.78. The molecule has 0 aliphatic rings. The molecule has 0 atom stereocenters. The first-order valence-corrected chi connectivity index (χ1v) is 5.78. The lowest BCUT2D eigenvalue weighted by Crippen LogP contribution is -2.00. The van der Waals surface area contributed by atoms with Crippen molar-refractivity contribution < 1.29 is 0 Å². The van der Waals surface area contributed by atoms with E-state index in [1.165, 1.54) is 17.5 Å². The van der Waals surface area contributed by atoms with Crippen LogP contribution in [-0.2, 0) is 19.3 Å². The molecule has 0 aliphatic carbocycles. The van der Waals surface area contributed by atoms with E-state index in [4.69, 9.17) is 0 Å². The highest BCUT2D eigenvalue weighted by atomic mass is 14.1. The second kappa shape index (κ2) is 5.19. The largest absolute Gasteiger partial charge is 0.0625 e. The van der Waals surface area contributed by atoms with Gasteiger partial charge in [-0.15, -0.1) is 0 Å². The van der Waals surface area contributed by atoms with Gasteiger partial charge in [-0.2, -0.15) is 0 Å². The number of hydrogen-bond donors (Lipinski definition) is 0. The Morgan fingerprint density at radius 1 is 1.00 bits per heavy atom. The third-order valence-electron chi connectivity index (χ3n) is 2.69. The van der Waals surface area contributed by atoms with Crippen molar-refractivity contribution in [1.29, 1.82) is 0 Å². The van der Waals surface area contributed by atoms with Crippen LogP contribution in [0.4, 0.5) is 0 Å². The Kier molecular flexibility index (Phi) is 4.19. The normalized spacial score (nSPS) is 10.9. The predicted molar refractivity (Wildman–Crippen MR) is 63.7 cm³/mol. The van der Waals surface area contributed by atoms with Crippen LogP contribution in [0.5, 0.6) is 0 Å². The van der Waals surface area contributed by atoms with Crippen molar-refractivity contribution in [3.63, 3.8) is 0 Å². The Bertz CT molecular complexity index is 284. The fraction of sp³-hybridized carbons (Fsp3) is 0.571. The molecule has 1 rings (SSSR count). The minimum absolute atomic E-state index is 0.757. The molecule has 1 aromatic rings. The highest BCUT2D eigenvalue weighted by molar-refractivity contribution is 5.32. The van der Waals surface area contributed by atoms with E-state index in [1.807, 2.05) is 0 Å². The summed E-state index contributed by atoms with van der Waals surface area (Å²) in [5.74, 6) is 0.757. The molecule has 0 aromatic heterocycles. The molecule has 0 spiro atoms. The van der Waals surface area contributed by atoms with Gasteiger partial charge >= 0.3 is 0 Å². The molecule has 0 heterocycles. The van der Waals surface area contributed by atoms with Crippen molar-refractivity contribution in [2.75, 3.05) is 0 Å². The molecule has 0 saturated heterocycles. The zero-order valence-electron chi connectivity index (χ0n) is 9.93. The highest BCUT2D eigenvalue weighted by Crippen LogP contribution is 2.17. The third kappa shape index (κ3) is 2.87. The summed E-state index contributed by atoms with van der Waals surface area (Å²) in [6.07, 6.45) is 3.53. The van der Waals surface area contributed by atoms with Crippen LogP contribution in [0.15, 0.2) is 18.2 Å². The van der Waals surface area contributed by atoms with E-state index >= 15 is 0 Å². The summed E-state index contributed by atoms with van der Waals surface area (Å²) in [7, 11) is 0. The Morgan fingerprint density at radius 2 is 1.71 bits per heavy atom. The summed E-state index contributed by atoms with van der Waals surface area (Å²) in [6, 6.07) is 6.96. The maximum atomic E-state index is 2.39. The maximum Gasteiger partial charge on any atom is -0.0253 e. The summed E-state index contributed by atoms with van der Waals surface area (Å²) in [4.78, 5) is 0. The zero-order chi connectivity index (χ0) is 10.6. The van der Waals surface area contributed by atoms with Crippen molar-refractivity contribution in [2.45, 2.75) is 47.0 Å². The van der Waals surface area contributed by atoms with Crippen LogP contribution in [0, 0.1) is 5.92 Å². The van der Waals surface area contributed by atoms with Gasteiger partial charge in [-0.25, -0.2) is 0 Å². The maximum absolute atomic E-state index is 2.39. The predicted octanol–water partition coefficient (Wildman–Crippen LogP) is 4.01. The summed E-state index contributed by atoms with van der Waals surface area (Å²) in [5, 5.41) is 0. The number of benzene rings is 1. The first kappa shape index (κ1) is 11.3. The lowest BCUT2D eigenvalue weighted by molar-refractivity contribution is 0.642. The molecule has 14 heavy (non-hydrogen) atoms. The van der Waals surface area contributed by atoms with E-state index in [9.17, 15) is 0 Å². The van der Waals surface area contributed by atoms with Crippen molar-refractivity contribution in [3.8, 4) is 0 Å². The molecule has 78 valence electrons. The van der Waals surface area contributed by atoms with E-state index in [-0.39, 0.29) is 0 Å². The van der Waals surface area contributed by atoms with Gasteiger partial charge in [0.05, 0.1) is 0 Å². The van der Waals surface area contributed by atoms with Crippen LogP contribution in [0.25, 0.3) is 0 Å². The standard InChI is InChI=1S/C14H22/c1-5-12-7-8-13(6-2)14(10-12)9-11(3)4/h7-8,10-11H,5-6,9H2,1-4H3. The summed E-state index contributed by atoms with van der Waals surface area (Å²) >= 11 is 0. The average Bonchev–Trinajstić information content (AvgIpc) is 2.16. The van der Waals surface area contributed by atoms with Crippen LogP contribution in [0.1, 0.15) is 44.4 Å². The molecule has 0 amide bonds. The van der Waals surface area contributed by atoms with Crippen molar-refractivity contribution >= 4 is 0 Å². The van der Waals surface area contributed by atoms with Gasteiger partial charge in [-0.05, 0) is 41.9 Å². The number of rotatable bonds is 4. The first-order chi connectivity index (χ1) is 6.67. The van der Waals surface area contributed by atoms with Gasteiger partial charge in [0.25, 0.3) is 0 Å². The Labute approximate surface area is 88.4 Å². The van der Waals surface area contributed by atoms with Gasteiger partial charge in [-0.1, -0.05) is 45.9 Å². The number of hydrogen-bond acceptors (Lipinski definition) is 0. The molecule has 0 N–H and O–H groups in total. The van der Waals surface area contributed by atoms with E-state index in [0.29, 0.717) is 0 Å². The number of aryl methyl sites for hydroxylation is 2. The van der Waals surface area contributed by atoms with E-state index in [0.717, 1.165) is 18.8 Å². The Hall–Kier alpha value is -0.780. The molecule has 0 radical (unpaired) electrons. The molecule has 0 heteroatoms. The zero-order valence-corrected chi connectivity index (χ0v) is 9.93. The molecule has 0 saturated carbocycles. The minimum Gasteiger partial charge on any atom is -0.0625 e. The second-order valence-electron chi connectivity index (χ2n) is 4.41. The quantitative estimate of drug-likeness (QED) is 0.673. The highest BCUT2D eigenvalue weighted by Gasteiger charge is 2.04. The van der Waals surface area contributed by atoms with Crippen molar-refractivity contribution in [2.24, 2.45) is 5.92 Å². The van der Waals surface area contributed by atoms with Gasteiger partial charge in [0.2, 0.25) is 0 Å². The molecule has 0 fully saturated rings. The van der Waals surface area contributed by atoms with E-state index in [1.54, 1.807) is 5.56 Å². The second-order valence-corrected chi connectivity index (χ2v) is 4.41. The lowest BCUT2D eigenvalue weighted by Gasteiger charge is -2.11. The molecule has 1 aromatic carbocycles. The molecular weight excluding hydrogens is 168 g/mol. The molecule has 0 bridgehead atoms. The monoisotopic (exact) mass is 190 g/mol. The molecule has 0 unspecified atom stereocenters. The van der Waals surface area contributed by atoms with Crippen LogP contribution in [0.3, 0.4) is 0 Å². The third-order valence-corrected chi connectivity index (χ3v) is 2.69. The SMILES string of the molecule is CCc1ccc(CC)c(CC(C)C)c1.